The van der Waals surface area contributed by atoms with Crippen LogP contribution in [0.1, 0.15) is 5.56 Å². The molecule has 8 nitrogen and oxygen atoms in total. The molecular formula is C30H25F3N4O4. The maximum absolute atomic E-state index is 13.0. The van der Waals surface area contributed by atoms with Crippen molar-refractivity contribution in [1.82, 2.24) is 9.97 Å². The van der Waals surface area contributed by atoms with Gasteiger partial charge in [-0.25, -0.2) is 14.8 Å². The number of amides is 1. The van der Waals surface area contributed by atoms with Crippen molar-refractivity contribution in [2.45, 2.75) is 30.5 Å². The fraction of sp³-hybridized carbons (Fsp3) is 0.233. The molecule has 2 N–H and O–H groups in total. The Labute approximate surface area is 233 Å². The lowest BCUT2D eigenvalue weighted by molar-refractivity contribution is -0.137. The van der Waals surface area contributed by atoms with Crippen molar-refractivity contribution in [3.63, 3.8) is 0 Å². The monoisotopic (exact) mass is 562 g/mol. The molecule has 3 heterocycles. The van der Waals surface area contributed by atoms with Crippen LogP contribution in [0.2, 0.25) is 0 Å². The fourth-order valence-corrected chi connectivity index (χ4v) is 4.97. The van der Waals surface area contributed by atoms with Gasteiger partial charge in [0, 0.05) is 17.4 Å². The number of halogens is 3. The molecule has 1 amide bonds. The molecule has 2 aliphatic rings. The van der Waals surface area contributed by atoms with Crippen molar-refractivity contribution < 1.29 is 32.2 Å². The summed E-state index contributed by atoms with van der Waals surface area (Å²) in [5.41, 5.74) is 3.02. The van der Waals surface area contributed by atoms with E-state index in [1.807, 2.05) is 48.5 Å². The Bertz CT molecular complexity index is 1520. The molecule has 4 unspecified atom stereocenters. The van der Waals surface area contributed by atoms with Gasteiger partial charge in [0.15, 0.2) is 6.10 Å². The quantitative estimate of drug-likeness (QED) is 0.297. The maximum atomic E-state index is 13.0. The van der Waals surface area contributed by atoms with Gasteiger partial charge in [-0.15, -0.1) is 0 Å². The molecule has 0 radical (unpaired) electrons. The Morgan fingerprint density at radius 3 is 2.37 bits per heavy atom. The first-order valence-electron chi connectivity index (χ1n) is 13.0. The summed E-state index contributed by atoms with van der Waals surface area (Å²) in [7, 11) is 0. The number of ether oxygens (including phenoxy) is 3. The van der Waals surface area contributed by atoms with Crippen molar-refractivity contribution in [3.05, 3.63) is 96.7 Å². The van der Waals surface area contributed by atoms with E-state index in [9.17, 15) is 18.0 Å². The number of rotatable bonds is 6. The van der Waals surface area contributed by atoms with Gasteiger partial charge in [0.25, 0.3) is 0 Å². The molecule has 0 aliphatic carbocycles. The summed E-state index contributed by atoms with van der Waals surface area (Å²) >= 11 is 0. The molecule has 11 heteroatoms. The summed E-state index contributed by atoms with van der Waals surface area (Å²) in [6, 6.07) is 24.1. The number of anilines is 2. The van der Waals surface area contributed by atoms with Crippen LogP contribution in [0.3, 0.4) is 0 Å². The second-order valence-corrected chi connectivity index (χ2v) is 9.70. The number of carbonyl (C=O) groups excluding carboxylic acids is 1. The molecule has 2 aliphatic heterocycles. The van der Waals surface area contributed by atoms with Crippen LogP contribution in [0.25, 0.3) is 22.4 Å². The van der Waals surface area contributed by atoms with Crippen LogP contribution < -0.4 is 10.6 Å². The van der Waals surface area contributed by atoms with E-state index >= 15 is 0 Å². The summed E-state index contributed by atoms with van der Waals surface area (Å²) in [5.74, 6) is 0.402. The largest absolute Gasteiger partial charge is 0.441 e. The predicted molar refractivity (Wildman–Crippen MR) is 145 cm³/mol. The zero-order chi connectivity index (χ0) is 28.4. The van der Waals surface area contributed by atoms with E-state index in [0.717, 1.165) is 34.5 Å². The van der Waals surface area contributed by atoms with Crippen molar-refractivity contribution in [3.8, 4) is 22.4 Å². The predicted octanol–water partition coefficient (Wildman–Crippen LogP) is 6.02. The van der Waals surface area contributed by atoms with Gasteiger partial charge >= 0.3 is 12.3 Å². The van der Waals surface area contributed by atoms with Gasteiger partial charge in [0.2, 0.25) is 5.95 Å². The van der Waals surface area contributed by atoms with Crippen LogP contribution in [0.5, 0.6) is 0 Å². The molecule has 2 saturated heterocycles. The number of hydrogen-bond acceptors (Lipinski definition) is 7. The minimum Gasteiger partial charge on any atom is -0.441 e. The molecule has 1 aromatic heterocycles. The number of alkyl halides is 3. The van der Waals surface area contributed by atoms with Gasteiger partial charge in [0.1, 0.15) is 12.2 Å². The van der Waals surface area contributed by atoms with Gasteiger partial charge in [0.05, 0.1) is 30.5 Å². The average molecular weight is 563 g/mol. The second kappa shape index (κ2) is 11.2. The molecule has 6 rings (SSSR count). The minimum atomic E-state index is -4.52. The summed E-state index contributed by atoms with van der Waals surface area (Å²) in [5, 5.41) is 5.60. The van der Waals surface area contributed by atoms with Crippen molar-refractivity contribution in [2.24, 2.45) is 0 Å². The number of nitrogens with zero attached hydrogens (tertiary/aromatic N) is 2. The van der Waals surface area contributed by atoms with Gasteiger partial charge in [-0.05, 0) is 35.4 Å². The normalized spacial score (nSPS) is 21.7. The lowest BCUT2D eigenvalue weighted by Gasteiger charge is -2.18. The summed E-state index contributed by atoms with van der Waals surface area (Å²) in [6.07, 6.45) is -5.46. The number of fused-ring (bicyclic) bond motifs is 1. The zero-order valence-corrected chi connectivity index (χ0v) is 21.5. The molecule has 0 spiro atoms. The van der Waals surface area contributed by atoms with Crippen LogP contribution in [-0.2, 0) is 20.4 Å². The summed E-state index contributed by atoms with van der Waals surface area (Å²) in [6.45, 7) is 0.349. The molecule has 41 heavy (non-hydrogen) atoms. The third kappa shape index (κ3) is 6.01. The second-order valence-electron chi connectivity index (χ2n) is 9.70. The Morgan fingerprint density at radius 2 is 1.59 bits per heavy atom. The van der Waals surface area contributed by atoms with Crippen LogP contribution in [0, 0.1) is 0 Å². The number of carbonyl (C=O) groups is 1. The van der Waals surface area contributed by atoms with E-state index in [4.69, 9.17) is 14.2 Å². The van der Waals surface area contributed by atoms with E-state index in [0.29, 0.717) is 5.95 Å². The molecule has 3 aromatic carbocycles. The summed E-state index contributed by atoms with van der Waals surface area (Å²) < 4.78 is 56.0. The number of aromatic nitrogens is 2. The molecule has 0 bridgehead atoms. The van der Waals surface area contributed by atoms with E-state index in [1.165, 1.54) is 12.1 Å². The Kier molecular flexibility index (Phi) is 7.29. The summed E-state index contributed by atoms with van der Waals surface area (Å²) in [4.78, 5) is 21.4. The van der Waals surface area contributed by atoms with Gasteiger partial charge in [-0.3, -0.25) is 5.32 Å². The van der Waals surface area contributed by atoms with E-state index in [-0.39, 0.29) is 24.9 Å². The molecule has 2 fully saturated rings. The number of nitrogens with one attached hydrogen (secondary N) is 2. The van der Waals surface area contributed by atoms with Crippen LogP contribution in [0.15, 0.2) is 91.1 Å². The van der Waals surface area contributed by atoms with E-state index < -0.39 is 36.1 Å². The lowest BCUT2D eigenvalue weighted by atomic mass is 10.0. The van der Waals surface area contributed by atoms with Gasteiger partial charge < -0.3 is 19.5 Å². The van der Waals surface area contributed by atoms with Crippen LogP contribution in [0.4, 0.5) is 29.6 Å². The first-order chi connectivity index (χ1) is 19.8. The van der Waals surface area contributed by atoms with Crippen LogP contribution in [-0.4, -0.2) is 53.6 Å². The molecule has 0 saturated carbocycles. The highest BCUT2D eigenvalue weighted by molar-refractivity contribution is 5.84. The standard InChI is InChI=1S/C30H25F3N4O4/c31-30(32,33)21-7-4-8-22(15-21)35-29(38)41-25-17-40-26-24(16-39-27(25)26)37-28-34-14-13-23(36-28)20-11-9-19(10-12-20)18-5-2-1-3-6-18/h1-15,24-27H,16-17H2,(H,35,38)(H,34,36,37). The smallest absolute Gasteiger partial charge is 0.416 e. The first kappa shape index (κ1) is 26.7. The Morgan fingerprint density at radius 1 is 0.854 bits per heavy atom. The molecular weight excluding hydrogens is 537 g/mol. The van der Waals surface area contributed by atoms with Crippen molar-refractivity contribution in [2.75, 3.05) is 23.8 Å². The maximum Gasteiger partial charge on any atom is 0.416 e. The average Bonchev–Trinajstić information content (AvgIpc) is 3.56. The fourth-order valence-electron chi connectivity index (χ4n) is 4.97. The minimum absolute atomic E-state index is 0.0288. The zero-order valence-electron chi connectivity index (χ0n) is 21.5. The topological polar surface area (TPSA) is 94.6 Å². The Balaban J connectivity index is 1.06. The number of benzene rings is 3. The highest BCUT2D eigenvalue weighted by Gasteiger charge is 2.49. The van der Waals surface area contributed by atoms with Crippen LogP contribution >= 0.6 is 0 Å². The Hall–Kier alpha value is -4.48. The lowest BCUT2D eigenvalue weighted by Crippen LogP contribution is -2.38. The SMILES string of the molecule is O=C(Nc1cccc(C(F)(F)F)c1)OC1COC2C(Nc3nccc(-c4ccc(-c5ccccc5)cc4)n3)COC12. The highest BCUT2D eigenvalue weighted by atomic mass is 19.4. The highest BCUT2D eigenvalue weighted by Crippen LogP contribution is 2.32. The molecule has 4 aromatic rings. The van der Waals surface area contributed by atoms with Crippen molar-refractivity contribution >= 4 is 17.7 Å². The molecule has 4 atom stereocenters. The van der Waals surface area contributed by atoms with Crippen molar-refractivity contribution in [1.29, 1.82) is 0 Å². The third-order valence-electron chi connectivity index (χ3n) is 6.96. The molecule has 210 valence electrons. The third-order valence-corrected chi connectivity index (χ3v) is 6.96. The number of hydrogen-bond donors (Lipinski definition) is 2. The first-order valence-corrected chi connectivity index (χ1v) is 13.0. The van der Waals surface area contributed by atoms with Gasteiger partial charge in [-0.2, -0.15) is 13.2 Å². The van der Waals surface area contributed by atoms with E-state index in [1.54, 1.807) is 6.20 Å². The van der Waals surface area contributed by atoms with E-state index in [2.05, 4.69) is 32.7 Å². The van der Waals surface area contributed by atoms with Gasteiger partial charge in [-0.1, -0.05) is 60.7 Å².